The summed E-state index contributed by atoms with van der Waals surface area (Å²) in [7, 11) is 1.63. The van der Waals surface area contributed by atoms with E-state index in [-0.39, 0.29) is 36.8 Å². The first-order valence-corrected chi connectivity index (χ1v) is 14.1. The molecule has 1 N–H and O–H groups in total. The third kappa shape index (κ3) is 7.52. The predicted molar refractivity (Wildman–Crippen MR) is 152 cm³/mol. The van der Waals surface area contributed by atoms with Gasteiger partial charge in [-0.3, -0.25) is 19.1 Å². The fourth-order valence-electron chi connectivity index (χ4n) is 5.29. The van der Waals surface area contributed by atoms with Crippen molar-refractivity contribution >= 4 is 17.7 Å². The molecule has 5 rings (SSSR count). The van der Waals surface area contributed by atoms with Gasteiger partial charge in [-0.25, -0.2) is 0 Å². The lowest BCUT2D eigenvalue weighted by atomic mass is 10.0. The monoisotopic (exact) mass is 559 g/mol. The van der Waals surface area contributed by atoms with Gasteiger partial charge in [-0.15, -0.1) is 0 Å². The van der Waals surface area contributed by atoms with Crippen LogP contribution in [0.3, 0.4) is 0 Å². The average molecular weight is 560 g/mol. The van der Waals surface area contributed by atoms with E-state index in [1.54, 1.807) is 18.1 Å². The smallest absolute Gasteiger partial charge is 0.239 e. The Hall–Kier alpha value is -4.18. The van der Waals surface area contributed by atoms with Gasteiger partial charge < -0.3 is 24.6 Å². The Morgan fingerprint density at radius 3 is 2.56 bits per heavy atom. The minimum absolute atomic E-state index is 0.00686. The summed E-state index contributed by atoms with van der Waals surface area (Å²) in [6.07, 6.45) is 3.14. The molecule has 2 aliphatic heterocycles. The number of hydrogen-bond donors (Lipinski definition) is 1. The van der Waals surface area contributed by atoms with E-state index in [9.17, 15) is 14.4 Å². The number of ether oxygens (including phenoxy) is 2. The van der Waals surface area contributed by atoms with Crippen molar-refractivity contribution in [1.29, 1.82) is 0 Å². The van der Waals surface area contributed by atoms with Crippen LogP contribution in [0, 0.1) is 6.92 Å². The van der Waals surface area contributed by atoms with Crippen LogP contribution in [-0.4, -0.2) is 76.1 Å². The van der Waals surface area contributed by atoms with E-state index >= 15 is 0 Å². The van der Waals surface area contributed by atoms with E-state index in [0.717, 1.165) is 16.8 Å². The van der Waals surface area contributed by atoms with Gasteiger partial charge in [0, 0.05) is 51.4 Å². The van der Waals surface area contributed by atoms with Crippen LogP contribution < -0.4 is 10.1 Å². The number of amides is 3. The molecule has 3 aromatic rings. The number of aryl methyl sites for hydroxylation is 3. The van der Waals surface area contributed by atoms with Crippen LogP contribution in [0.2, 0.25) is 0 Å². The summed E-state index contributed by atoms with van der Waals surface area (Å²) >= 11 is 0. The number of benzene rings is 2. The molecule has 3 amide bonds. The number of hydrogen-bond acceptors (Lipinski definition) is 6. The van der Waals surface area contributed by atoms with E-state index in [1.807, 2.05) is 66.2 Å². The van der Waals surface area contributed by atoms with Crippen molar-refractivity contribution in [3.63, 3.8) is 0 Å². The second-order valence-electron chi connectivity index (χ2n) is 10.7. The predicted octanol–water partition coefficient (Wildman–Crippen LogP) is 3.08. The summed E-state index contributed by atoms with van der Waals surface area (Å²) in [4.78, 5) is 42.2. The molecular weight excluding hydrogens is 522 g/mol. The van der Waals surface area contributed by atoms with Crippen molar-refractivity contribution in [3.8, 4) is 11.5 Å². The number of likely N-dealkylation sites (tertiary alicyclic amines) is 1. The number of likely N-dealkylation sites (N-methyl/N-ethyl adjacent to an activating group) is 1. The Kier molecular flexibility index (Phi) is 8.98. The minimum atomic E-state index is -0.409. The van der Waals surface area contributed by atoms with Crippen LogP contribution in [-0.2, 0) is 38.7 Å². The number of carbonyl (C=O) groups is 3. The molecule has 10 nitrogen and oxygen atoms in total. The van der Waals surface area contributed by atoms with Gasteiger partial charge in [0.2, 0.25) is 17.7 Å². The number of nitrogens with zero attached hydrogens (tertiary/aromatic N) is 4. The fraction of sp³-hybridized carbons (Fsp3) is 0.419. The van der Waals surface area contributed by atoms with Crippen molar-refractivity contribution in [2.24, 2.45) is 0 Å². The maximum Gasteiger partial charge on any atom is 0.239 e. The molecule has 1 aromatic heterocycles. The third-order valence-electron chi connectivity index (χ3n) is 7.65. The van der Waals surface area contributed by atoms with E-state index in [2.05, 4.69) is 10.4 Å². The Labute approximate surface area is 240 Å². The lowest BCUT2D eigenvalue weighted by Gasteiger charge is -2.39. The maximum absolute atomic E-state index is 13.1. The van der Waals surface area contributed by atoms with Crippen molar-refractivity contribution in [1.82, 2.24) is 24.9 Å². The quantitative estimate of drug-likeness (QED) is 0.529. The summed E-state index contributed by atoms with van der Waals surface area (Å²) in [6, 6.07) is 16.9. The molecular formula is C31H37N5O5. The fourth-order valence-corrected chi connectivity index (χ4v) is 5.29. The maximum atomic E-state index is 13.1. The molecule has 0 aliphatic carbocycles. The molecule has 2 atom stereocenters. The highest BCUT2D eigenvalue weighted by molar-refractivity contribution is 5.85. The zero-order valence-electron chi connectivity index (χ0n) is 23.6. The van der Waals surface area contributed by atoms with Crippen molar-refractivity contribution in [2.45, 2.75) is 57.9 Å². The van der Waals surface area contributed by atoms with Gasteiger partial charge in [0.05, 0.1) is 25.3 Å². The van der Waals surface area contributed by atoms with Crippen molar-refractivity contribution in [2.75, 3.05) is 26.7 Å². The number of carbonyl (C=O) groups excluding carboxylic acids is 3. The molecule has 1 fully saturated rings. The van der Waals surface area contributed by atoms with E-state index in [4.69, 9.17) is 9.47 Å². The molecule has 0 radical (unpaired) electrons. The molecule has 0 spiro atoms. The Morgan fingerprint density at radius 2 is 1.80 bits per heavy atom. The molecule has 2 aromatic carbocycles. The number of aromatic nitrogens is 2. The van der Waals surface area contributed by atoms with Crippen LogP contribution >= 0.6 is 0 Å². The third-order valence-corrected chi connectivity index (χ3v) is 7.65. The molecule has 41 heavy (non-hydrogen) atoms. The Balaban J connectivity index is 1.31. The molecule has 4 bridgehead atoms. The summed E-state index contributed by atoms with van der Waals surface area (Å²) in [5, 5.41) is 7.32. The number of rotatable bonds is 3. The lowest BCUT2D eigenvalue weighted by molar-refractivity contribution is -0.139. The van der Waals surface area contributed by atoms with Crippen LogP contribution in [0.4, 0.5) is 0 Å². The van der Waals surface area contributed by atoms with Gasteiger partial charge in [-0.2, -0.15) is 5.10 Å². The SMILES string of the molecule is Cc1ccnn1CCC(=O)N1CC[C@@H]2OCc3cccc(c3)Oc3cccc(c3)CCC(=O)N(C)CC(=O)N[C@@H]2C1. The average Bonchev–Trinajstić information content (AvgIpc) is 3.38. The Bertz CT molecular complexity index is 1390. The van der Waals surface area contributed by atoms with Crippen molar-refractivity contribution < 1.29 is 23.9 Å². The summed E-state index contributed by atoms with van der Waals surface area (Å²) in [5.74, 6) is 0.994. The van der Waals surface area contributed by atoms with E-state index in [1.165, 1.54) is 4.90 Å². The normalized spacial score (nSPS) is 20.3. The standard InChI is InChI=1S/C31H37N5O5/c1-22-11-14-32-36(22)16-13-31(39)35-15-12-28-27(19-35)33-29(37)20-34(2)30(38)10-9-23-5-3-7-25(17-23)41-26-8-4-6-24(18-26)21-40-28/h3-8,11,14,17-18,27-28H,9-10,12-13,15-16,19-21H2,1-2H3,(H,33,37)/t27-,28+/m1/s1. The lowest BCUT2D eigenvalue weighted by Crippen LogP contribution is -2.58. The van der Waals surface area contributed by atoms with E-state index < -0.39 is 6.04 Å². The topological polar surface area (TPSA) is 106 Å². The van der Waals surface area contributed by atoms with Gasteiger partial charge in [0.1, 0.15) is 11.5 Å². The second kappa shape index (κ2) is 13.0. The van der Waals surface area contributed by atoms with Crippen molar-refractivity contribution in [3.05, 3.63) is 77.6 Å². The van der Waals surface area contributed by atoms with Crippen LogP contribution in [0.5, 0.6) is 11.5 Å². The second-order valence-corrected chi connectivity index (χ2v) is 10.7. The molecule has 216 valence electrons. The highest BCUT2D eigenvalue weighted by atomic mass is 16.5. The first kappa shape index (κ1) is 28.4. The van der Waals surface area contributed by atoms with Gasteiger partial charge in [0.25, 0.3) is 0 Å². The van der Waals surface area contributed by atoms with Crippen LogP contribution in [0.1, 0.15) is 36.1 Å². The highest BCUT2D eigenvalue weighted by Gasteiger charge is 2.33. The summed E-state index contributed by atoms with van der Waals surface area (Å²) in [6.45, 7) is 3.59. The first-order chi connectivity index (χ1) is 19.8. The largest absolute Gasteiger partial charge is 0.457 e. The zero-order chi connectivity index (χ0) is 28.8. The van der Waals surface area contributed by atoms with E-state index in [0.29, 0.717) is 57.0 Å². The molecule has 1 saturated heterocycles. The number of piperidine rings is 1. The molecule has 3 heterocycles. The van der Waals surface area contributed by atoms with Crippen LogP contribution in [0.15, 0.2) is 60.8 Å². The molecule has 0 saturated carbocycles. The summed E-state index contributed by atoms with van der Waals surface area (Å²) < 4.78 is 14.3. The zero-order valence-corrected chi connectivity index (χ0v) is 23.6. The van der Waals surface area contributed by atoms with Gasteiger partial charge >= 0.3 is 0 Å². The van der Waals surface area contributed by atoms with Gasteiger partial charge in [0.15, 0.2) is 0 Å². The minimum Gasteiger partial charge on any atom is -0.457 e. The van der Waals surface area contributed by atoms with Gasteiger partial charge in [-0.05, 0) is 61.2 Å². The molecule has 0 unspecified atom stereocenters. The highest BCUT2D eigenvalue weighted by Crippen LogP contribution is 2.25. The molecule has 10 heteroatoms. The van der Waals surface area contributed by atoms with Gasteiger partial charge in [-0.1, -0.05) is 24.3 Å². The number of fused-ring (bicyclic) bond motifs is 5. The Morgan fingerprint density at radius 1 is 1.05 bits per heavy atom. The molecule has 2 aliphatic rings. The first-order valence-electron chi connectivity index (χ1n) is 14.1. The van der Waals surface area contributed by atoms with Crippen LogP contribution in [0.25, 0.3) is 0 Å². The summed E-state index contributed by atoms with van der Waals surface area (Å²) in [5.41, 5.74) is 2.93. The number of nitrogens with one attached hydrogen (secondary N) is 1.